The molecule has 0 aliphatic carbocycles. The largest absolute Gasteiger partial charge is 0.456 e. The van der Waals surface area contributed by atoms with Crippen molar-refractivity contribution in [3.63, 3.8) is 0 Å². The van der Waals surface area contributed by atoms with Crippen LogP contribution in [0.1, 0.15) is 38.2 Å². The van der Waals surface area contributed by atoms with Gasteiger partial charge >= 0.3 is 5.97 Å². The minimum atomic E-state index is -0.948. The molecule has 1 atom stereocenters. The second-order valence-electron chi connectivity index (χ2n) is 6.72. The lowest BCUT2D eigenvalue weighted by molar-refractivity contribution is 0.0224. The Morgan fingerprint density at radius 3 is 2.40 bits per heavy atom. The van der Waals surface area contributed by atoms with Crippen molar-refractivity contribution in [2.24, 2.45) is 0 Å². The first kappa shape index (κ1) is 14.3. The molecule has 1 spiro atoms. The number of benzene rings is 3. The zero-order chi connectivity index (χ0) is 17.2. The minimum absolute atomic E-state index is 0.295. The first-order chi connectivity index (χ1) is 12.1. The second-order valence-corrected chi connectivity index (χ2v) is 6.72. The number of ether oxygens (including phenoxy) is 2. The van der Waals surface area contributed by atoms with Gasteiger partial charge in [-0.05, 0) is 43.7 Å². The van der Waals surface area contributed by atoms with Crippen LogP contribution in [0.4, 0.5) is 0 Å². The van der Waals surface area contributed by atoms with Gasteiger partial charge in [-0.2, -0.15) is 0 Å². The van der Waals surface area contributed by atoms with E-state index in [0.717, 1.165) is 39.3 Å². The maximum absolute atomic E-state index is 12.6. The van der Waals surface area contributed by atoms with E-state index in [9.17, 15) is 4.79 Å². The number of carbonyl (C=O) groups excluding carboxylic acids is 1. The van der Waals surface area contributed by atoms with E-state index >= 15 is 0 Å². The van der Waals surface area contributed by atoms with Crippen LogP contribution < -0.4 is 4.74 Å². The topological polar surface area (TPSA) is 35.5 Å². The Kier molecular flexibility index (Phi) is 2.70. The van der Waals surface area contributed by atoms with E-state index in [1.807, 2.05) is 74.5 Å². The molecular weight excluding hydrogens is 312 g/mol. The zero-order valence-corrected chi connectivity index (χ0v) is 14.0. The maximum atomic E-state index is 12.6. The predicted octanol–water partition coefficient (Wildman–Crippen LogP) is 4.87. The lowest BCUT2D eigenvalue weighted by Crippen LogP contribution is -2.33. The number of hydrogen-bond acceptors (Lipinski definition) is 3. The molecule has 122 valence electrons. The third kappa shape index (κ3) is 1.78. The molecule has 0 N–H and O–H groups in total. The van der Waals surface area contributed by atoms with Crippen LogP contribution in [0.5, 0.6) is 11.5 Å². The first-order valence-corrected chi connectivity index (χ1v) is 8.32. The van der Waals surface area contributed by atoms with Crippen LogP contribution in [-0.2, 0) is 10.3 Å². The fourth-order valence-corrected chi connectivity index (χ4v) is 3.89. The van der Waals surface area contributed by atoms with Crippen LogP contribution in [0.2, 0.25) is 0 Å². The minimum Gasteiger partial charge on any atom is -0.456 e. The average molecular weight is 328 g/mol. The quantitative estimate of drug-likeness (QED) is 0.552. The predicted molar refractivity (Wildman–Crippen MR) is 94.2 cm³/mol. The smallest absolute Gasteiger partial charge is 0.340 e. The Morgan fingerprint density at radius 1 is 0.760 bits per heavy atom. The molecule has 0 fully saturated rings. The highest BCUT2D eigenvalue weighted by molar-refractivity contribution is 5.97. The Morgan fingerprint density at radius 2 is 1.52 bits per heavy atom. The summed E-state index contributed by atoms with van der Waals surface area (Å²) < 4.78 is 12.2. The van der Waals surface area contributed by atoms with E-state index in [2.05, 4.69) is 0 Å². The summed E-state index contributed by atoms with van der Waals surface area (Å²) in [7, 11) is 0. The van der Waals surface area contributed by atoms with Gasteiger partial charge < -0.3 is 9.47 Å². The van der Waals surface area contributed by atoms with Gasteiger partial charge in [-0.1, -0.05) is 42.0 Å². The summed E-state index contributed by atoms with van der Waals surface area (Å²) in [5.74, 6) is 1.17. The Labute approximate surface area is 145 Å². The van der Waals surface area contributed by atoms with Gasteiger partial charge in [0.05, 0.1) is 5.56 Å². The summed E-state index contributed by atoms with van der Waals surface area (Å²) in [4.78, 5) is 12.6. The molecule has 0 aromatic heterocycles. The summed E-state index contributed by atoms with van der Waals surface area (Å²) in [6.45, 7) is 4.05. The number of rotatable bonds is 0. The van der Waals surface area contributed by atoms with Gasteiger partial charge in [0, 0.05) is 16.7 Å². The Balaban J connectivity index is 1.92. The van der Waals surface area contributed by atoms with Gasteiger partial charge in [-0.15, -0.1) is 0 Å². The molecule has 2 heterocycles. The molecule has 2 aliphatic rings. The summed E-state index contributed by atoms with van der Waals surface area (Å²) in [5, 5.41) is 0. The molecule has 0 bridgehead atoms. The Hall–Kier alpha value is -3.07. The first-order valence-electron chi connectivity index (χ1n) is 8.32. The summed E-state index contributed by atoms with van der Waals surface area (Å²) in [6, 6.07) is 19.6. The van der Waals surface area contributed by atoms with Crippen LogP contribution in [0.25, 0.3) is 0 Å². The van der Waals surface area contributed by atoms with Crippen molar-refractivity contribution >= 4 is 5.97 Å². The lowest BCUT2D eigenvalue weighted by Gasteiger charge is -2.36. The van der Waals surface area contributed by atoms with Gasteiger partial charge in [-0.3, -0.25) is 0 Å². The molecule has 0 radical (unpaired) electrons. The SMILES string of the molecule is Cc1ccc2c(c1)Oc1ccc(C)cc1C21OC(=O)c2ccccc21. The van der Waals surface area contributed by atoms with Crippen molar-refractivity contribution < 1.29 is 14.3 Å². The van der Waals surface area contributed by atoms with Crippen LogP contribution in [0.3, 0.4) is 0 Å². The average Bonchev–Trinajstić information content (AvgIpc) is 2.90. The number of hydrogen-bond donors (Lipinski definition) is 0. The van der Waals surface area contributed by atoms with Gasteiger partial charge in [-0.25, -0.2) is 4.79 Å². The van der Waals surface area contributed by atoms with Gasteiger partial charge in [0.2, 0.25) is 0 Å². The highest BCUT2D eigenvalue weighted by Gasteiger charge is 2.53. The monoisotopic (exact) mass is 328 g/mol. The van der Waals surface area contributed by atoms with Crippen molar-refractivity contribution in [1.29, 1.82) is 0 Å². The number of fused-ring (bicyclic) bond motifs is 6. The van der Waals surface area contributed by atoms with E-state index < -0.39 is 5.60 Å². The van der Waals surface area contributed by atoms with Crippen molar-refractivity contribution in [3.8, 4) is 11.5 Å². The highest BCUT2D eigenvalue weighted by atomic mass is 16.6. The van der Waals surface area contributed by atoms with E-state index in [4.69, 9.17) is 9.47 Å². The third-order valence-corrected chi connectivity index (χ3v) is 5.02. The molecule has 3 aromatic rings. The van der Waals surface area contributed by atoms with Crippen molar-refractivity contribution in [3.05, 3.63) is 94.0 Å². The summed E-state index contributed by atoms with van der Waals surface area (Å²) >= 11 is 0. The summed E-state index contributed by atoms with van der Waals surface area (Å²) in [5.41, 5.74) is 4.48. The molecule has 0 saturated carbocycles. The third-order valence-electron chi connectivity index (χ3n) is 5.02. The molecule has 5 rings (SSSR count). The van der Waals surface area contributed by atoms with Crippen molar-refractivity contribution in [2.75, 3.05) is 0 Å². The van der Waals surface area contributed by atoms with Crippen LogP contribution in [-0.4, -0.2) is 5.97 Å². The molecule has 2 aliphatic heterocycles. The molecule has 3 aromatic carbocycles. The number of carbonyl (C=O) groups is 1. The van der Waals surface area contributed by atoms with Gasteiger partial charge in [0.1, 0.15) is 11.5 Å². The number of aryl methyl sites for hydroxylation is 2. The Bertz CT molecular complexity index is 1050. The molecule has 0 saturated heterocycles. The molecule has 25 heavy (non-hydrogen) atoms. The molecular formula is C22H16O3. The number of esters is 1. The second kappa shape index (κ2) is 4.73. The van der Waals surface area contributed by atoms with Crippen LogP contribution >= 0.6 is 0 Å². The van der Waals surface area contributed by atoms with E-state index in [1.54, 1.807) is 0 Å². The maximum Gasteiger partial charge on any atom is 0.340 e. The normalized spacial score (nSPS) is 19.7. The molecule has 0 amide bonds. The fraction of sp³-hybridized carbons (Fsp3) is 0.136. The standard InChI is InChI=1S/C22H16O3/c1-13-8-10-19-18(11-13)22(17-9-7-14(2)12-20(17)24-19)16-6-4-3-5-15(16)21(23)25-22/h3-12H,1-2H3. The van der Waals surface area contributed by atoms with Crippen LogP contribution in [0.15, 0.2) is 60.7 Å². The van der Waals surface area contributed by atoms with E-state index in [0.29, 0.717) is 5.56 Å². The van der Waals surface area contributed by atoms with E-state index in [1.165, 1.54) is 0 Å². The van der Waals surface area contributed by atoms with Gasteiger partial charge in [0.15, 0.2) is 5.60 Å². The molecule has 1 unspecified atom stereocenters. The lowest BCUT2D eigenvalue weighted by atomic mass is 9.77. The van der Waals surface area contributed by atoms with Gasteiger partial charge in [0.25, 0.3) is 0 Å². The van der Waals surface area contributed by atoms with Crippen LogP contribution in [0, 0.1) is 13.8 Å². The van der Waals surface area contributed by atoms with Crippen molar-refractivity contribution in [1.82, 2.24) is 0 Å². The zero-order valence-electron chi connectivity index (χ0n) is 14.0. The highest BCUT2D eigenvalue weighted by Crippen LogP contribution is 2.56. The molecule has 3 heteroatoms. The summed E-state index contributed by atoms with van der Waals surface area (Å²) in [6.07, 6.45) is 0. The molecule has 3 nitrogen and oxygen atoms in total. The fourth-order valence-electron chi connectivity index (χ4n) is 3.89. The van der Waals surface area contributed by atoms with E-state index in [-0.39, 0.29) is 5.97 Å². The van der Waals surface area contributed by atoms with Crippen molar-refractivity contribution in [2.45, 2.75) is 19.4 Å².